The molecule has 0 aliphatic carbocycles. The number of hydrogen-bond donors (Lipinski definition) is 0. The molecular formula is C21H17N5O4S. The molecule has 156 valence electrons. The Bertz CT molecular complexity index is 1280. The van der Waals surface area contributed by atoms with Gasteiger partial charge in [0.2, 0.25) is 5.16 Å². The Morgan fingerprint density at radius 3 is 2.84 bits per heavy atom. The van der Waals surface area contributed by atoms with Gasteiger partial charge < -0.3 is 9.47 Å². The van der Waals surface area contributed by atoms with Crippen LogP contribution >= 0.6 is 11.8 Å². The molecule has 2 aromatic heterocycles. The van der Waals surface area contributed by atoms with Crippen molar-refractivity contribution in [1.29, 1.82) is 0 Å². The Kier molecular flexibility index (Phi) is 5.13. The molecule has 0 radical (unpaired) electrons. The maximum Gasteiger partial charge on any atom is 0.270 e. The van der Waals surface area contributed by atoms with E-state index >= 15 is 0 Å². The van der Waals surface area contributed by atoms with Crippen LogP contribution in [0.25, 0.3) is 17.0 Å². The summed E-state index contributed by atoms with van der Waals surface area (Å²) in [5.41, 5.74) is 2.45. The summed E-state index contributed by atoms with van der Waals surface area (Å²) in [6, 6.07) is 14.1. The van der Waals surface area contributed by atoms with Crippen molar-refractivity contribution in [2.24, 2.45) is 0 Å². The fraction of sp³-hybridized carbons (Fsp3) is 0.190. The van der Waals surface area contributed by atoms with Crippen molar-refractivity contribution < 1.29 is 14.4 Å². The van der Waals surface area contributed by atoms with Gasteiger partial charge in [-0.1, -0.05) is 30.0 Å². The smallest absolute Gasteiger partial charge is 0.270 e. The molecule has 0 spiro atoms. The molecule has 0 saturated heterocycles. The van der Waals surface area contributed by atoms with Gasteiger partial charge in [0, 0.05) is 36.1 Å². The summed E-state index contributed by atoms with van der Waals surface area (Å²) in [7, 11) is 0. The average molecular weight is 435 g/mol. The normalized spacial score (nSPS) is 13.2. The summed E-state index contributed by atoms with van der Waals surface area (Å²) in [6.07, 6.45) is 2.49. The number of rotatable bonds is 5. The summed E-state index contributed by atoms with van der Waals surface area (Å²) < 4.78 is 13.0. The van der Waals surface area contributed by atoms with E-state index in [-0.39, 0.29) is 5.69 Å². The van der Waals surface area contributed by atoms with Gasteiger partial charge in [0.25, 0.3) is 11.5 Å². The molecule has 4 aromatic rings. The predicted octanol–water partition coefficient (Wildman–Crippen LogP) is 4.15. The highest BCUT2D eigenvalue weighted by molar-refractivity contribution is 7.98. The molecule has 0 unspecified atom stereocenters. The van der Waals surface area contributed by atoms with Crippen molar-refractivity contribution in [1.82, 2.24) is 19.6 Å². The van der Waals surface area contributed by atoms with Crippen LogP contribution in [0.5, 0.6) is 11.5 Å². The Morgan fingerprint density at radius 2 is 1.97 bits per heavy atom. The lowest BCUT2D eigenvalue weighted by Gasteiger charge is -2.08. The third-order valence-corrected chi connectivity index (χ3v) is 5.66. The van der Waals surface area contributed by atoms with Crippen LogP contribution in [0, 0.1) is 10.1 Å². The first kappa shape index (κ1) is 19.3. The third kappa shape index (κ3) is 4.02. The van der Waals surface area contributed by atoms with Gasteiger partial charge >= 0.3 is 0 Å². The Morgan fingerprint density at radius 1 is 1.10 bits per heavy atom. The predicted molar refractivity (Wildman–Crippen MR) is 114 cm³/mol. The second kappa shape index (κ2) is 8.23. The molecule has 31 heavy (non-hydrogen) atoms. The number of benzene rings is 2. The van der Waals surface area contributed by atoms with Crippen LogP contribution < -0.4 is 9.47 Å². The minimum atomic E-state index is -0.417. The zero-order valence-electron chi connectivity index (χ0n) is 16.3. The number of aromatic nitrogens is 4. The zero-order chi connectivity index (χ0) is 21.2. The minimum Gasteiger partial charge on any atom is -0.490 e. The van der Waals surface area contributed by atoms with Gasteiger partial charge in [-0.15, -0.1) is 5.10 Å². The third-order valence-electron chi connectivity index (χ3n) is 4.75. The largest absolute Gasteiger partial charge is 0.490 e. The van der Waals surface area contributed by atoms with Crippen LogP contribution in [0.2, 0.25) is 0 Å². The number of fused-ring (bicyclic) bond motifs is 2. The van der Waals surface area contributed by atoms with Crippen LogP contribution in [0.4, 0.5) is 5.69 Å². The fourth-order valence-electron chi connectivity index (χ4n) is 3.28. The molecule has 0 N–H and O–H groups in total. The molecule has 2 aromatic carbocycles. The Labute approximate surface area is 181 Å². The first-order valence-electron chi connectivity index (χ1n) is 9.65. The van der Waals surface area contributed by atoms with Crippen molar-refractivity contribution >= 4 is 23.2 Å². The topological polar surface area (TPSA) is 105 Å². The van der Waals surface area contributed by atoms with Crippen LogP contribution in [-0.4, -0.2) is 37.7 Å². The van der Waals surface area contributed by atoms with E-state index in [1.54, 1.807) is 28.9 Å². The van der Waals surface area contributed by atoms with Gasteiger partial charge in [0.15, 0.2) is 11.5 Å². The van der Waals surface area contributed by atoms with E-state index in [2.05, 4.69) is 15.1 Å². The molecule has 0 saturated carbocycles. The molecule has 1 aliphatic rings. The highest BCUT2D eigenvalue weighted by Gasteiger charge is 2.15. The lowest BCUT2D eigenvalue weighted by Crippen LogP contribution is -1.97. The highest BCUT2D eigenvalue weighted by atomic mass is 32.2. The summed E-state index contributed by atoms with van der Waals surface area (Å²) in [4.78, 5) is 19.5. The second-order valence-electron chi connectivity index (χ2n) is 6.86. The zero-order valence-corrected chi connectivity index (χ0v) is 17.1. The van der Waals surface area contributed by atoms with Crippen LogP contribution in [0.3, 0.4) is 0 Å². The van der Waals surface area contributed by atoms with Crippen LogP contribution in [-0.2, 0) is 5.75 Å². The van der Waals surface area contributed by atoms with Gasteiger partial charge in [0.1, 0.15) is 0 Å². The Balaban J connectivity index is 1.40. The molecule has 3 heterocycles. The lowest BCUT2D eigenvalue weighted by atomic mass is 10.1. The van der Waals surface area contributed by atoms with E-state index in [1.165, 1.54) is 23.9 Å². The quantitative estimate of drug-likeness (QED) is 0.261. The highest BCUT2D eigenvalue weighted by Crippen LogP contribution is 2.32. The number of thioether (sulfide) groups is 1. The molecule has 9 nitrogen and oxygen atoms in total. The molecule has 0 fully saturated rings. The Hall–Kier alpha value is -3.66. The fourth-order valence-corrected chi connectivity index (χ4v) is 4.04. The van der Waals surface area contributed by atoms with Crippen molar-refractivity contribution in [2.45, 2.75) is 17.3 Å². The van der Waals surface area contributed by atoms with Crippen molar-refractivity contribution in [3.63, 3.8) is 0 Å². The maximum atomic E-state index is 11.1. The molecule has 10 heteroatoms. The number of non-ortho nitro benzene ring substituents is 1. The van der Waals surface area contributed by atoms with Gasteiger partial charge in [0.05, 0.1) is 23.8 Å². The van der Waals surface area contributed by atoms with Crippen molar-refractivity contribution in [3.8, 4) is 22.8 Å². The molecular weight excluding hydrogens is 418 g/mol. The molecule has 0 amide bonds. The van der Waals surface area contributed by atoms with E-state index in [0.717, 1.165) is 23.5 Å². The summed E-state index contributed by atoms with van der Waals surface area (Å²) in [6.45, 7) is 1.30. The number of nitrogens with zero attached hydrogens (tertiary/aromatic N) is 5. The number of nitro benzene ring substituents is 1. The van der Waals surface area contributed by atoms with E-state index in [1.807, 2.05) is 18.2 Å². The molecule has 1 aliphatic heterocycles. The van der Waals surface area contributed by atoms with Crippen LogP contribution in [0.15, 0.2) is 59.9 Å². The minimum absolute atomic E-state index is 0.0200. The average Bonchev–Trinajstić information content (AvgIpc) is 3.07. The van der Waals surface area contributed by atoms with E-state index < -0.39 is 4.92 Å². The SMILES string of the molecule is O=[N+]([O-])c1cccc(-c2ccnc3nc(SCc4ccc5c(c4)OCCCO5)nn23)c1. The monoisotopic (exact) mass is 435 g/mol. The van der Waals surface area contributed by atoms with Gasteiger partial charge in [-0.25, -0.2) is 4.98 Å². The standard InChI is InChI=1S/C21H17N5O4S/c27-26(28)16-4-1-3-15(12-16)17-7-8-22-20-23-21(24-25(17)20)31-13-14-5-6-18-19(11-14)30-10-2-9-29-18/h1,3-8,11-12H,2,9-10,13H2. The second-order valence-corrected chi connectivity index (χ2v) is 7.81. The number of hydrogen-bond acceptors (Lipinski definition) is 8. The number of nitro groups is 1. The van der Waals surface area contributed by atoms with Gasteiger partial charge in [-0.3, -0.25) is 10.1 Å². The summed E-state index contributed by atoms with van der Waals surface area (Å²) in [5, 5.41) is 16.2. The van der Waals surface area contributed by atoms with E-state index in [0.29, 0.717) is 41.2 Å². The molecule has 0 atom stereocenters. The first-order chi connectivity index (χ1) is 15.2. The van der Waals surface area contributed by atoms with E-state index in [9.17, 15) is 10.1 Å². The van der Waals surface area contributed by atoms with E-state index in [4.69, 9.17) is 9.47 Å². The lowest BCUT2D eigenvalue weighted by molar-refractivity contribution is -0.384. The number of ether oxygens (including phenoxy) is 2. The van der Waals surface area contributed by atoms with Crippen molar-refractivity contribution in [3.05, 3.63) is 70.4 Å². The van der Waals surface area contributed by atoms with Crippen molar-refractivity contribution in [2.75, 3.05) is 13.2 Å². The van der Waals surface area contributed by atoms with Gasteiger partial charge in [-0.2, -0.15) is 9.50 Å². The molecule has 0 bridgehead atoms. The van der Waals surface area contributed by atoms with Crippen LogP contribution in [0.1, 0.15) is 12.0 Å². The molecule has 5 rings (SSSR count). The summed E-state index contributed by atoms with van der Waals surface area (Å²) >= 11 is 1.48. The maximum absolute atomic E-state index is 11.1. The summed E-state index contributed by atoms with van der Waals surface area (Å²) in [5.74, 6) is 2.61. The first-order valence-corrected chi connectivity index (χ1v) is 10.6. The van der Waals surface area contributed by atoms with Gasteiger partial charge in [-0.05, 0) is 23.8 Å².